The smallest absolute Gasteiger partial charge is 0.191 e. The number of aromatic nitrogens is 2. The van der Waals surface area contributed by atoms with Crippen molar-refractivity contribution in [1.29, 1.82) is 0 Å². The molecule has 1 atom stereocenters. The second-order valence-corrected chi connectivity index (χ2v) is 6.57. The summed E-state index contributed by atoms with van der Waals surface area (Å²) in [5.74, 6) is 1.64. The fourth-order valence-electron chi connectivity index (χ4n) is 2.58. The summed E-state index contributed by atoms with van der Waals surface area (Å²) in [5, 5.41) is 11.3. The summed E-state index contributed by atoms with van der Waals surface area (Å²) in [4.78, 5) is 4.32. The molecule has 1 aromatic heterocycles. The summed E-state index contributed by atoms with van der Waals surface area (Å²) in [5.41, 5.74) is 3.52. The van der Waals surface area contributed by atoms with Crippen LogP contribution in [0, 0.1) is 19.8 Å². The van der Waals surface area contributed by atoms with Gasteiger partial charge >= 0.3 is 0 Å². The van der Waals surface area contributed by atoms with Crippen molar-refractivity contribution < 1.29 is 0 Å². The predicted molar refractivity (Wildman–Crippen MR) is 110 cm³/mol. The van der Waals surface area contributed by atoms with Gasteiger partial charge in [-0.3, -0.25) is 9.67 Å². The molecule has 0 aliphatic carbocycles. The molecule has 0 aliphatic rings. The standard InChI is InChI=1S/C17H33N5.HI/c1-12(2)9-8-10-13(3)20-17(18-6)19-11-16-14(4)21-22(7)15(16)5;/h12-13H,8-11H2,1-7H3,(H2,18,19,20);1H. The average Bonchev–Trinajstić information content (AvgIpc) is 2.68. The van der Waals surface area contributed by atoms with Gasteiger partial charge in [0.1, 0.15) is 0 Å². The number of rotatable bonds is 7. The van der Waals surface area contributed by atoms with Crippen LogP contribution in [0.4, 0.5) is 0 Å². The third-order valence-corrected chi connectivity index (χ3v) is 4.12. The molecule has 134 valence electrons. The van der Waals surface area contributed by atoms with Gasteiger partial charge in [-0.2, -0.15) is 5.10 Å². The first-order valence-electron chi connectivity index (χ1n) is 8.31. The molecule has 2 N–H and O–H groups in total. The highest BCUT2D eigenvalue weighted by molar-refractivity contribution is 14.0. The number of aryl methyl sites for hydroxylation is 2. The molecule has 1 heterocycles. The lowest BCUT2D eigenvalue weighted by atomic mass is 10.0. The molecule has 0 bridgehead atoms. The molecule has 0 aromatic carbocycles. The Labute approximate surface area is 158 Å². The van der Waals surface area contributed by atoms with Crippen LogP contribution in [0.25, 0.3) is 0 Å². The topological polar surface area (TPSA) is 54.2 Å². The average molecular weight is 435 g/mol. The molecule has 5 nitrogen and oxygen atoms in total. The zero-order valence-corrected chi connectivity index (χ0v) is 18.1. The van der Waals surface area contributed by atoms with Crippen LogP contribution in [0.3, 0.4) is 0 Å². The van der Waals surface area contributed by atoms with Gasteiger partial charge in [-0.15, -0.1) is 24.0 Å². The van der Waals surface area contributed by atoms with Crippen LogP contribution in [0.1, 0.15) is 57.0 Å². The first kappa shape index (κ1) is 22.2. The van der Waals surface area contributed by atoms with E-state index in [0.717, 1.165) is 24.1 Å². The van der Waals surface area contributed by atoms with E-state index >= 15 is 0 Å². The van der Waals surface area contributed by atoms with Crippen molar-refractivity contribution in [3.63, 3.8) is 0 Å². The zero-order chi connectivity index (χ0) is 16.7. The Kier molecular flexibility index (Phi) is 10.5. The SMILES string of the molecule is CN=C(NCc1c(C)nn(C)c1C)NC(C)CCCC(C)C.I. The number of hydrogen-bond donors (Lipinski definition) is 2. The van der Waals surface area contributed by atoms with Crippen molar-refractivity contribution in [1.82, 2.24) is 20.4 Å². The van der Waals surface area contributed by atoms with Crippen LogP contribution < -0.4 is 10.6 Å². The van der Waals surface area contributed by atoms with Crippen LogP contribution in [-0.2, 0) is 13.6 Å². The van der Waals surface area contributed by atoms with Gasteiger partial charge in [0.15, 0.2) is 5.96 Å². The summed E-state index contributed by atoms with van der Waals surface area (Å²) < 4.78 is 1.93. The van der Waals surface area contributed by atoms with Gasteiger partial charge in [-0.1, -0.05) is 26.7 Å². The molecule has 0 amide bonds. The molecule has 0 saturated heterocycles. The minimum Gasteiger partial charge on any atom is -0.354 e. The van der Waals surface area contributed by atoms with Gasteiger partial charge in [0.25, 0.3) is 0 Å². The number of nitrogens with one attached hydrogen (secondary N) is 2. The molecule has 1 unspecified atom stereocenters. The molecule has 1 rings (SSSR count). The van der Waals surface area contributed by atoms with E-state index in [4.69, 9.17) is 0 Å². The summed E-state index contributed by atoms with van der Waals surface area (Å²) >= 11 is 0. The number of nitrogens with zero attached hydrogens (tertiary/aromatic N) is 3. The monoisotopic (exact) mass is 435 g/mol. The van der Waals surface area contributed by atoms with Gasteiger partial charge in [0.05, 0.1) is 5.69 Å². The molecule has 23 heavy (non-hydrogen) atoms. The van der Waals surface area contributed by atoms with Gasteiger partial charge < -0.3 is 10.6 Å². The van der Waals surface area contributed by atoms with E-state index < -0.39 is 0 Å². The second-order valence-electron chi connectivity index (χ2n) is 6.57. The van der Waals surface area contributed by atoms with E-state index in [0.29, 0.717) is 6.04 Å². The lowest BCUT2D eigenvalue weighted by Crippen LogP contribution is -2.42. The highest BCUT2D eigenvalue weighted by Crippen LogP contribution is 2.11. The van der Waals surface area contributed by atoms with Crippen LogP contribution >= 0.6 is 24.0 Å². The molecular weight excluding hydrogens is 401 g/mol. The minimum absolute atomic E-state index is 0. The van der Waals surface area contributed by atoms with E-state index in [1.165, 1.54) is 30.5 Å². The Morgan fingerprint density at radius 2 is 1.87 bits per heavy atom. The molecule has 1 aromatic rings. The summed E-state index contributed by atoms with van der Waals surface area (Å²) in [7, 11) is 3.80. The van der Waals surface area contributed by atoms with Crippen molar-refractivity contribution in [2.24, 2.45) is 18.0 Å². The first-order chi connectivity index (χ1) is 10.3. The third kappa shape index (κ3) is 7.54. The molecule has 0 fully saturated rings. The minimum atomic E-state index is 0. The Morgan fingerprint density at radius 1 is 1.22 bits per heavy atom. The van der Waals surface area contributed by atoms with Crippen LogP contribution in [-0.4, -0.2) is 28.8 Å². The predicted octanol–water partition coefficient (Wildman–Crippen LogP) is 3.53. The maximum atomic E-state index is 4.45. The van der Waals surface area contributed by atoms with Crippen LogP contribution in [0.15, 0.2) is 4.99 Å². The maximum absolute atomic E-state index is 4.45. The van der Waals surface area contributed by atoms with Gasteiger partial charge in [-0.05, 0) is 33.1 Å². The highest BCUT2D eigenvalue weighted by Gasteiger charge is 2.11. The number of hydrogen-bond acceptors (Lipinski definition) is 2. The van der Waals surface area contributed by atoms with Crippen molar-refractivity contribution >= 4 is 29.9 Å². The Hall–Kier alpha value is -0.790. The van der Waals surface area contributed by atoms with E-state index in [1.54, 1.807) is 0 Å². The maximum Gasteiger partial charge on any atom is 0.191 e. The molecule has 0 spiro atoms. The second kappa shape index (κ2) is 10.9. The van der Waals surface area contributed by atoms with E-state index in [9.17, 15) is 0 Å². The fourth-order valence-corrected chi connectivity index (χ4v) is 2.58. The Morgan fingerprint density at radius 3 is 2.35 bits per heavy atom. The normalized spacial score (nSPS) is 13.0. The Balaban J connectivity index is 0.00000484. The quantitative estimate of drug-likeness (QED) is 0.392. The van der Waals surface area contributed by atoms with E-state index in [1.807, 2.05) is 18.8 Å². The third-order valence-electron chi connectivity index (χ3n) is 4.12. The summed E-state index contributed by atoms with van der Waals surface area (Å²) in [6.07, 6.45) is 3.71. The number of halogens is 1. The first-order valence-corrected chi connectivity index (χ1v) is 8.31. The van der Waals surface area contributed by atoms with Crippen LogP contribution in [0.5, 0.6) is 0 Å². The number of aliphatic imine (C=N–C) groups is 1. The van der Waals surface area contributed by atoms with Crippen molar-refractivity contribution in [2.75, 3.05) is 7.05 Å². The lowest BCUT2D eigenvalue weighted by Gasteiger charge is -2.18. The van der Waals surface area contributed by atoms with Gasteiger partial charge in [0, 0.05) is 37.9 Å². The molecule has 0 aliphatic heterocycles. The fraction of sp³-hybridized carbons (Fsp3) is 0.765. The number of guanidine groups is 1. The summed E-state index contributed by atoms with van der Waals surface area (Å²) in [6, 6.07) is 0.432. The van der Waals surface area contributed by atoms with Crippen molar-refractivity contribution in [3.8, 4) is 0 Å². The van der Waals surface area contributed by atoms with E-state index in [-0.39, 0.29) is 24.0 Å². The Bertz CT molecular complexity index is 493. The molecular formula is C17H34IN5. The molecule has 6 heteroatoms. The van der Waals surface area contributed by atoms with Crippen molar-refractivity contribution in [2.45, 2.75) is 66.5 Å². The van der Waals surface area contributed by atoms with Gasteiger partial charge in [0.2, 0.25) is 0 Å². The van der Waals surface area contributed by atoms with E-state index in [2.05, 4.69) is 55.3 Å². The molecule has 0 radical (unpaired) electrons. The van der Waals surface area contributed by atoms with Crippen LogP contribution in [0.2, 0.25) is 0 Å². The molecule has 0 saturated carbocycles. The lowest BCUT2D eigenvalue weighted by molar-refractivity contribution is 0.491. The largest absolute Gasteiger partial charge is 0.354 e. The highest BCUT2D eigenvalue weighted by atomic mass is 127. The van der Waals surface area contributed by atoms with Crippen molar-refractivity contribution in [3.05, 3.63) is 17.0 Å². The zero-order valence-electron chi connectivity index (χ0n) is 15.7. The van der Waals surface area contributed by atoms with Gasteiger partial charge in [-0.25, -0.2) is 0 Å². The summed E-state index contributed by atoms with van der Waals surface area (Å²) in [6.45, 7) is 11.7.